The van der Waals surface area contributed by atoms with Gasteiger partial charge in [0.15, 0.2) is 17.5 Å². The summed E-state index contributed by atoms with van der Waals surface area (Å²) in [7, 11) is 1.67. The number of benzene rings is 1. The number of nitrogens with one attached hydrogen (secondary N) is 2. The summed E-state index contributed by atoms with van der Waals surface area (Å²) in [5, 5.41) is 6.37. The van der Waals surface area contributed by atoms with Crippen LogP contribution in [0.3, 0.4) is 0 Å². The third-order valence-electron chi connectivity index (χ3n) is 4.58. The zero-order chi connectivity index (χ0) is 19.1. The van der Waals surface area contributed by atoms with Crippen LogP contribution in [-0.4, -0.2) is 57.5 Å². The van der Waals surface area contributed by atoms with E-state index < -0.39 is 6.61 Å². The number of guanidine groups is 1. The molecule has 0 aromatic heterocycles. The van der Waals surface area contributed by atoms with Crippen molar-refractivity contribution in [2.75, 3.05) is 40.0 Å². The average Bonchev–Trinajstić information content (AvgIpc) is 3.31. The van der Waals surface area contributed by atoms with Crippen LogP contribution in [0.5, 0.6) is 17.2 Å². The summed E-state index contributed by atoms with van der Waals surface area (Å²) < 4.78 is 40.5. The van der Waals surface area contributed by atoms with Crippen LogP contribution in [0.1, 0.15) is 24.8 Å². The van der Waals surface area contributed by atoms with Gasteiger partial charge in [-0.1, -0.05) is 0 Å². The van der Waals surface area contributed by atoms with Crippen LogP contribution < -0.4 is 24.8 Å². The molecule has 7 nitrogen and oxygen atoms in total. The summed E-state index contributed by atoms with van der Waals surface area (Å²) in [6.07, 6.45) is 3.59. The van der Waals surface area contributed by atoms with Crippen LogP contribution >= 0.6 is 24.0 Å². The largest absolute Gasteiger partial charge is 0.454 e. The normalized spacial score (nSPS) is 16.2. The fourth-order valence-electron chi connectivity index (χ4n) is 3.22. The molecule has 1 aromatic carbocycles. The van der Waals surface area contributed by atoms with Gasteiger partial charge >= 0.3 is 6.61 Å². The number of fused-ring (bicyclic) bond motifs is 1. The summed E-state index contributed by atoms with van der Waals surface area (Å²) in [5.74, 6) is 1.59. The van der Waals surface area contributed by atoms with E-state index in [1.807, 2.05) is 0 Å². The molecule has 0 aliphatic carbocycles. The number of likely N-dealkylation sites (tertiary alicyclic amines) is 1. The zero-order valence-corrected chi connectivity index (χ0v) is 18.2. The van der Waals surface area contributed by atoms with Crippen molar-refractivity contribution < 1.29 is 23.0 Å². The van der Waals surface area contributed by atoms with E-state index in [0.29, 0.717) is 23.0 Å². The van der Waals surface area contributed by atoms with E-state index in [1.54, 1.807) is 13.1 Å². The summed E-state index contributed by atoms with van der Waals surface area (Å²) >= 11 is 0. The van der Waals surface area contributed by atoms with Crippen molar-refractivity contribution in [1.29, 1.82) is 0 Å². The van der Waals surface area contributed by atoms with Crippen LogP contribution in [-0.2, 0) is 6.54 Å². The molecule has 28 heavy (non-hydrogen) atoms. The molecule has 1 aromatic rings. The van der Waals surface area contributed by atoms with Gasteiger partial charge in [-0.15, -0.1) is 24.0 Å². The summed E-state index contributed by atoms with van der Waals surface area (Å²) in [4.78, 5) is 6.63. The van der Waals surface area contributed by atoms with Gasteiger partial charge in [-0.2, -0.15) is 8.78 Å². The molecule has 2 heterocycles. The highest BCUT2D eigenvalue weighted by Gasteiger charge is 2.20. The molecule has 158 valence electrons. The Hall–Kier alpha value is -1.56. The van der Waals surface area contributed by atoms with E-state index in [4.69, 9.17) is 9.47 Å². The highest BCUT2D eigenvalue weighted by Crippen LogP contribution is 2.38. The Morgan fingerprint density at radius 3 is 2.61 bits per heavy atom. The summed E-state index contributed by atoms with van der Waals surface area (Å²) in [6.45, 7) is 1.65. The molecule has 0 saturated carbocycles. The molecular formula is C18H27F2IN4O3. The number of aliphatic imine (C=N–C) groups is 1. The molecule has 0 spiro atoms. The van der Waals surface area contributed by atoms with E-state index >= 15 is 0 Å². The Bertz CT molecular complexity index is 658. The Kier molecular flexibility index (Phi) is 9.29. The summed E-state index contributed by atoms with van der Waals surface area (Å²) in [5.41, 5.74) is 0.541. The Morgan fingerprint density at radius 1 is 1.21 bits per heavy atom. The second kappa shape index (κ2) is 11.4. The van der Waals surface area contributed by atoms with Crippen LogP contribution in [0.4, 0.5) is 8.78 Å². The fourth-order valence-corrected chi connectivity index (χ4v) is 3.22. The van der Waals surface area contributed by atoms with Gasteiger partial charge in [0, 0.05) is 31.8 Å². The molecule has 0 radical (unpaired) electrons. The highest BCUT2D eigenvalue weighted by atomic mass is 127. The third-order valence-corrected chi connectivity index (χ3v) is 4.58. The number of hydrogen-bond acceptors (Lipinski definition) is 5. The number of hydrogen-bond donors (Lipinski definition) is 2. The van der Waals surface area contributed by atoms with Crippen molar-refractivity contribution in [3.8, 4) is 17.2 Å². The SMILES string of the molecule is CN=C(NCCCN1CCCC1)NCc1cc2c(cc1OC(F)F)OCO2.I. The molecule has 0 atom stereocenters. The predicted molar refractivity (Wildman–Crippen MR) is 113 cm³/mol. The standard InChI is InChI=1S/C18H26F2N4O3.HI/c1-21-18(22-5-4-8-24-6-2-3-7-24)23-11-13-9-15-16(26-12-25-15)10-14(13)27-17(19)20;/h9-10,17H,2-8,11-12H2,1H3,(H2,21,22,23);1H. The first-order valence-corrected chi connectivity index (χ1v) is 9.20. The summed E-state index contributed by atoms with van der Waals surface area (Å²) in [6, 6.07) is 3.07. The molecule has 10 heteroatoms. The van der Waals surface area contributed by atoms with Gasteiger partial charge in [0.05, 0.1) is 0 Å². The third kappa shape index (κ3) is 6.50. The van der Waals surface area contributed by atoms with Crippen LogP contribution in [0, 0.1) is 0 Å². The lowest BCUT2D eigenvalue weighted by Crippen LogP contribution is -2.38. The highest BCUT2D eigenvalue weighted by molar-refractivity contribution is 14.0. The van der Waals surface area contributed by atoms with Crippen molar-refractivity contribution >= 4 is 29.9 Å². The van der Waals surface area contributed by atoms with Crippen LogP contribution in [0.25, 0.3) is 0 Å². The van der Waals surface area contributed by atoms with Gasteiger partial charge < -0.3 is 29.7 Å². The van der Waals surface area contributed by atoms with E-state index in [9.17, 15) is 8.78 Å². The molecule has 2 aliphatic rings. The zero-order valence-electron chi connectivity index (χ0n) is 15.9. The topological polar surface area (TPSA) is 67.4 Å². The Morgan fingerprint density at radius 2 is 1.93 bits per heavy atom. The first kappa shape index (κ1) is 22.7. The molecule has 2 aliphatic heterocycles. The van der Waals surface area contributed by atoms with Crippen molar-refractivity contribution in [3.63, 3.8) is 0 Å². The van der Waals surface area contributed by atoms with E-state index in [-0.39, 0.29) is 43.1 Å². The molecular weight excluding hydrogens is 485 g/mol. The van der Waals surface area contributed by atoms with Gasteiger partial charge in [-0.05, 0) is 45.0 Å². The number of ether oxygens (including phenoxy) is 3. The maximum atomic E-state index is 12.7. The number of alkyl halides is 2. The van der Waals surface area contributed by atoms with Gasteiger partial charge in [0.2, 0.25) is 6.79 Å². The molecule has 0 amide bonds. The number of halogens is 3. The molecule has 1 saturated heterocycles. The van der Waals surface area contributed by atoms with Gasteiger partial charge in [0.1, 0.15) is 5.75 Å². The Balaban J connectivity index is 0.00000280. The molecule has 2 N–H and O–H groups in total. The first-order chi connectivity index (χ1) is 13.2. The molecule has 0 bridgehead atoms. The van der Waals surface area contributed by atoms with Gasteiger partial charge in [-0.3, -0.25) is 4.99 Å². The Labute approximate surface area is 180 Å². The van der Waals surface area contributed by atoms with Gasteiger partial charge in [-0.25, -0.2) is 0 Å². The monoisotopic (exact) mass is 512 g/mol. The van der Waals surface area contributed by atoms with Crippen molar-refractivity contribution in [1.82, 2.24) is 15.5 Å². The van der Waals surface area contributed by atoms with E-state index in [2.05, 4.69) is 25.3 Å². The lowest BCUT2D eigenvalue weighted by Gasteiger charge is -2.17. The van der Waals surface area contributed by atoms with Crippen LogP contribution in [0.2, 0.25) is 0 Å². The van der Waals surface area contributed by atoms with Crippen LogP contribution in [0.15, 0.2) is 17.1 Å². The quantitative estimate of drug-likeness (QED) is 0.242. The van der Waals surface area contributed by atoms with Crippen molar-refractivity contribution in [2.24, 2.45) is 4.99 Å². The smallest absolute Gasteiger partial charge is 0.387 e. The average molecular weight is 512 g/mol. The first-order valence-electron chi connectivity index (χ1n) is 9.20. The van der Waals surface area contributed by atoms with Crippen molar-refractivity contribution in [3.05, 3.63) is 17.7 Å². The van der Waals surface area contributed by atoms with Gasteiger partial charge in [0.25, 0.3) is 0 Å². The second-order valence-electron chi connectivity index (χ2n) is 6.45. The second-order valence-corrected chi connectivity index (χ2v) is 6.45. The van der Waals surface area contributed by atoms with Crippen molar-refractivity contribution in [2.45, 2.75) is 32.4 Å². The molecule has 0 unspecified atom stereocenters. The number of nitrogens with zero attached hydrogens (tertiary/aromatic N) is 2. The maximum Gasteiger partial charge on any atom is 0.387 e. The van der Waals surface area contributed by atoms with E-state index in [0.717, 1.165) is 19.5 Å². The maximum absolute atomic E-state index is 12.7. The van der Waals surface area contributed by atoms with E-state index in [1.165, 1.54) is 32.0 Å². The minimum Gasteiger partial charge on any atom is -0.454 e. The fraction of sp³-hybridized carbons (Fsp3) is 0.611. The molecule has 1 fully saturated rings. The minimum absolute atomic E-state index is 0. The number of rotatable bonds is 8. The minimum atomic E-state index is -2.91. The lowest BCUT2D eigenvalue weighted by atomic mass is 10.1. The lowest BCUT2D eigenvalue weighted by molar-refractivity contribution is -0.0505. The molecule has 3 rings (SSSR count). The predicted octanol–water partition coefficient (Wildman–Crippen LogP) is 2.79.